The third kappa shape index (κ3) is 3.04. The lowest BCUT2D eigenvalue weighted by Crippen LogP contribution is -2.23. The van der Waals surface area contributed by atoms with Gasteiger partial charge in [-0.1, -0.05) is 0 Å². The summed E-state index contributed by atoms with van der Waals surface area (Å²) in [7, 11) is 0. The van der Waals surface area contributed by atoms with Crippen LogP contribution >= 0.6 is 0 Å². The monoisotopic (exact) mass is 305 g/mol. The van der Waals surface area contributed by atoms with E-state index in [0.29, 0.717) is 19.7 Å². The van der Waals surface area contributed by atoms with Gasteiger partial charge in [0, 0.05) is 30.6 Å². The Kier molecular flexibility index (Phi) is 4.25. The number of nitrogens with zero attached hydrogens (tertiary/aromatic N) is 1. The second-order valence-electron chi connectivity index (χ2n) is 6.19. The molecule has 0 spiro atoms. The molecule has 2 aliphatic rings. The van der Waals surface area contributed by atoms with E-state index >= 15 is 0 Å². The molecule has 5 heteroatoms. The van der Waals surface area contributed by atoms with E-state index in [1.54, 1.807) is 0 Å². The predicted octanol–water partition coefficient (Wildman–Crippen LogP) is 2.32. The summed E-state index contributed by atoms with van der Waals surface area (Å²) in [6.07, 6.45) is 1.85. The Morgan fingerprint density at radius 1 is 1.50 bits per heavy atom. The molecule has 2 aliphatic heterocycles. The molecule has 0 aliphatic carbocycles. The van der Waals surface area contributed by atoms with Crippen LogP contribution in [0.5, 0.6) is 11.5 Å². The summed E-state index contributed by atoms with van der Waals surface area (Å²) in [6, 6.07) is 4.15. The first kappa shape index (κ1) is 15.2. The van der Waals surface area contributed by atoms with Crippen LogP contribution < -0.4 is 9.47 Å². The first-order valence-corrected chi connectivity index (χ1v) is 7.97. The second kappa shape index (κ2) is 6.16. The molecule has 1 N–H and O–H groups in total. The SMILES string of the molecule is CCOc1cc2c(cc1CN1CC[C@H](C(=O)O)C1)O[C@H](C)C2. The van der Waals surface area contributed by atoms with E-state index < -0.39 is 5.97 Å². The summed E-state index contributed by atoms with van der Waals surface area (Å²) >= 11 is 0. The average molecular weight is 305 g/mol. The number of hydrogen-bond acceptors (Lipinski definition) is 4. The summed E-state index contributed by atoms with van der Waals surface area (Å²) in [6.45, 7) is 6.81. The van der Waals surface area contributed by atoms with Gasteiger partial charge in [-0.3, -0.25) is 9.69 Å². The summed E-state index contributed by atoms with van der Waals surface area (Å²) in [5.74, 6) is 0.901. The van der Waals surface area contributed by atoms with E-state index in [2.05, 4.69) is 24.0 Å². The van der Waals surface area contributed by atoms with Crippen molar-refractivity contribution in [3.63, 3.8) is 0 Å². The third-order valence-corrected chi connectivity index (χ3v) is 4.39. The smallest absolute Gasteiger partial charge is 0.307 e. The number of likely N-dealkylation sites (tertiary alicyclic amines) is 1. The van der Waals surface area contributed by atoms with Crippen LogP contribution in [0.3, 0.4) is 0 Å². The molecule has 0 unspecified atom stereocenters. The van der Waals surface area contributed by atoms with E-state index in [1.807, 2.05) is 6.92 Å². The van der Waals surface area contributed by atoms with Crippen LogP contribution in [0.1, 0.15) is 31.4 Å². The minimum atomic E-state index is -0.696. The molecule has 0 radical (unpaired) electrons. The van der Waals surface area contributed by atoms with Gasteiger partial charge in [0.05, 0.1) is 12.5 Å². The molecule has 2 atom stereocenters. The summed E-state index contributed by atoms with van der Waals surface area (Å²) in [5.41, 5.74) is 2.28. The van der Waals surface area contributed by atoms with E-state index in [4.69, 9.17) is 14.6 Å². The molecule has 120 valence electrons. The molecule has 1 aromatic carbocycles. The number of rotatable bonds is 5. The Morgan fingerprint density at radius 2 is 2.32 bits per heavy atom. The van der Waals surface area contributed by atoms with Gasteiger partial charge in [0.15, 0.2) is 0 Å². The van der Waals surface area contributed by atoms with Crippen molar-refractivity contribution < 1.29 is 19.4 Å². The number of benzene rings is 1. The van der Waals surface area contributed by atoms with Crippen LogP contribution in [-0.2, 0) is 17.8 Å². The number of carboxylic acids is 1. The predicted molar refractivity (Wildman–Crippen MR) is 82.4 cm³/mol. The Morgan fingerprint density at radius 3 is 3.00 bits per heavy atom. The summed E-state index contributed by atoms with van der Waals surface area (Å²) in [5, 5.41) is 9.12. The molecule has 0 aromatic heterocycles. The van der Waals surface area contributed by atoms with Gasteiger partial charge < -0.3 is 14.6 Å². The number of carboxylic acid groups (broad SMARTS) is 1. The molecule has 5 nitrogen and oxygen atoms in total. The Hall–Kier alpha value is -1.75. The lowest BCUT2D eigenvalue weighted by atomic mass is 10.1. The highest BCUT2D eigenvalue weighted by Gasteiger charge is 2.29. The van der Waals surface area contributed by atoms with Crippen molar-refractivity contribution >= 4 is 5.97 Å². The van der Waals surface area contributed by atoms with Gasteiger partial charge in [-0.05, 0) is 38.9 Å². The van der Waals surface area contributed by atoms with Gasteiger partial charge in [-0.15, -0.1) is 0 Å². The van der Waals surface area contributed by atoms with Crippen molar-refractivity contribution in [3.8, 4) is 11.5 Å². The molecule has 1 saturated heterocycles. The van der Waals surface area contributed by atoms with Crippen LogP contribution in [0.25, 0.3) is 0 Å². The zero-order valence-corrected chi connectivity index (χ0v) is 13.2. The molecule has 1 aromatic rings. The second-order valence-corrected chi connectivity index (χ2v) is 6.19. The van der Waals surface area contributed by atoms with Crippen molar-refractivity contribution in [2.45, 2.75) is 39.3 Å². The molecule has 0 amide bonds. The van der Waals surface area contributed by atoms with Gasteiger partial charge in [0.25, 0.3) is 0 Å². The lowest BCUT2D eigenvalue weighted by molar-refractivity contribution is -0.141. The van der Waals surface area contributed by atoms with E-state index in [0.717, 1.165) is 36.4 Å². The lowest BCUT2D eigenvalue weighted by Gasteiger charge is -2.19. The van der Waals surface area contributed by atoms with Gasteiger partial charge in [0.2, 0.25) is 0 Å². The zero-order valence-electron chi connectivity index (χ0n) is 13.2. The highest BCUT2D eigenvalue weighted by atomic mass is 16.5. The third-order valence-electron chi connectivity index (χ3n) is 4.39. The number of carbonyl (C=O) groups is 1. The van der Waals surface area contributed by atoms with Crippen molar-refractivity contribution in [3.05, 3.63) is 23.3 Å². The first-order valence-electron chi connectivity index (χ1n) is 7.97. The van der Waals surface area contributed by atoms with Gasteiger partial charge in [-0.2, -0.15) is 0 Å². The van der Waals surface area contributed by atoms with Crippen molar-refractivity contribution in [2.24, 2.45) is 5.92 Å². The van der Waals surface area contributed by atoms with Gasteiger partial charge in [-0.25, -0.2) is 0 Å². The van der Waals surface area contributed by atoms with E-state index in [-0.39, 0.29) is 12.0 Å². The zero-order chi connectivity index (χ0) is 15.7. The van der Waals surface area contributed by atoms with Crippen LogP contribution in [-0.4, -0.2) is 41.8 Å². The first-order chi connectivity index (χ1) is 10.6. The normalized spacial score (nSPS) is 24.1. The van der Waals surface area contributed by atoms with Gasteiger partial charge >= 0.3 is 5.97 Å². The fourth-order valence-corrected chi connectivity index (χ4v) is 3.31. The molecule has 2 heterocycles. The fraction of sp³-hybridized carbons (Fsp3) is 0.588. The van der Waals surface area contributed by atoms with Crippen molar-refractivity contribution in [1.82, 2.24) is 4.90 Å². The molecule has 0 bridgehead atoms. The number of ether oxygens (including phenoxy) is 2. The molecule has 22 heavy (non-hydrogen) atoms. The maximum absolute atomic E-state index is 11.1. The Bertz CT molecular complexity index is 572. The molecular weight excluding hydrogens is 282 g/mol. The molecule has 1 fully saturated rings. The van der Waals surface area contributed by atoms with E-state index in [1.165, 1.54) is 5.56 Å². The van der Waals surface area contributed by atoms with Crippen LogP contribution in [0.4, 0.5) is 0 Å². The number of aliphatic carboxylic acids is 1. The van der Waals surface area contributed by atoms with Gasteiger partial charge in [0.1, 0.15) is 17.6 Å². The Balaban J connectivity index is 1.78. The number of hydrogen-bond donors (Lipinski definition) is 1. The maximum Gasteiger partial charge on any atom is 0.307 e. The fourth-order valence-electron chi connectivity index (χ4n) is 3.31. The summed E-state index contributed by atoms with van der Waals surface area (Å²) in [4.78, 5) is 13.3. The number of fused-ring (bicyclic) bond motifs is 1. The highest BCUT2D eigenvalue weighted by molar-refractivity contribution is 5.70. The molecule has 0 saturated carbocycles. The van der Waals surface area contributed by atoms with Crippen molar-refractivity contribution in [2.75, 3.05) is 19.7 Å². The minimum absolute atomic E-state index is 0.211. The topological polar surface area (TPSA) is 59.0 Å². The molecular formula is C17H23NO4. The van der Waals surface area contributed by atoms with Crippen LogP contribution in [0.15, 0.2) is 12.1 Å². The standard InChI is InChI=1S/C17H23NO4/c1-3-21-15-7-13-6-11(2)22-16(13)8-14(15)10-18-5-4-12(9-18)17(19)20/h7-8,11-12H,3-6,9-10H2,1-2H3,(H,19,20)/t11-,12+/m1/s1. The Labute approximate surface area is 130 Å². The quantitative estimate of drug-likeness (QED) is 0.904. The van der Waals surface area contributed by atoms with E-state index in [9.17, 15) is 4.79 Å². The highest BCUT2D eigenvalue weighted by Crippen LogP contribution is 2.36. The maximum atomic E-state index is 11.1. The largest absolute Gasteiger partial charge is 0.494 e. The minimum Gasteiger partial charge on any atom is -0.494 e. The average Bonchev–Trinajstić information content (AvgIpc) is 3.05. The molecule has 3 rings (SSSR count). The van der Waals surface area contributed by atoms with Crippen LogP contribution in [0, 0.1) is 5.92 Å². The van der Waals surface area contributed by atoms with Crippen LogP contribution in [0.2, 0.25) is 0 Å². The summed E-state index contributed by atoms with van der Waals surface area (Å²) < 4.78 is 11.6. The van der Waals surface area contributed by atoms with Crippen molar-refractivity contribution in [1.29, 1.82) is 0 Å².